The molecule has 1 aliphatic rings. The number of H-pyrrole nitrogens is 1. The van der Waals surface area contributed by atoms with Gasteiger partial charge in [0, 0.05) is 30.5 Å². The molecule has 0 aliphatic carbocycles. The molecule has 102 valence electrons. The van der Waals surface area contributed by atoms with Gasteiger partial charge in [0.15, 0.2) is 0 Å². The topological polar surface area (TPSA) is 101 Å². The fourth-order valence-corrected chi connectivity index (χ4v) is 2.39. The third-order valence-electron chi connectivity index (χ3n) is 3.42. The van der Waals surface area contributed by atoms with E-state index < -0.39 is 0 Å². The Kier molecular flexibility index (Phi) is 2.98. The van der Waals surface area contributed by atoms with Crippen molar-refractivity contribution in [1.29, 1.82) is 0 Å². The lowest BCUT2D eigenvalue weighted by Crippen LogP contribution is -2.13. The molecule has 1 fully saturated rings. The van der Waals surface area contributed by atoms with Crippen LogP contribution in [0.3, 0.4) is 0 Å². The number of nitrogen functional groups attached to an aromatic ring is 1. The molecule has 1 amide bonds. The number of aromatic amines is 1. The van der Waals surface area contributed by atoms with Crippen molar-refractivity contribution >= 4 is 11.9 Å². The van der Waals surface area contributed by atoms with Gasteiger partial charge in [0.1, 0.15) is 0 Å². The predicted molar refractivity (Wildman–Crippen MR) is 75.1 cm³/mol. The highest BCUT2D eigenvalue weighted by Gasteiger charge is 2.22. The molecule has 1 aliphatic heterocycles. The molecule has 2 aromatic rings. The third kappa shape index (κ3) is 2.40. The van der Waals surface area contributed by atoms with E-state index in [4.69, 9.17) is 5.73 Å². The second kappa shape index (κ2) is 4.80. The van der Waals surface area contributed by atoms with Gasteiger partial charge in [0.2, 0.25) is 11.9 Å². The molecule has 20 heavy (non-hydrogen) atoms. The molecule has 3 rings (SSSR count). The normalized spacial score (nSPS) is 18.0. The van der Waals surface area contributed by atoms with Gasteiger partial charge in [0.05, 0.1) is 5.69 Å². The minimum absolute atomic E-state index is 0.0862. The van der Waals surface area contributed by atoms with E-state index >= 15 is 0 Å². The minimum atomic E-state index is -0.276. The van der Waals surface area contributed by atoms with Crippen LogP contribution >= 0.6 is 0 Å². The molecule has 1 atom stereocenters. The van der Waals surface area contributed by atoms with Crippen LogP contribution in [0.4, 0.5) is 5.95 Å². The van der Waals surface area contributed by atoms with Crippen LogP contribution in [0.25, 0.3) is 11.3 Å². The van der Waals surface area contributed by atoms with Crippen molar-refractivity contribution < 1.29 is 4.79 Å². The molecular weight excluding hydrogens is 256 g/mol. The maximum atomic E-state index is 11.4. The average Bonchev–Trinajstić information content (AvgIpc) is 2.84. The summed E-state index contributed by atoms with van der Waals surface area (Å²) in [6, 6.07) is 9.10. The fraction of sp³-hybridized carbons (Fsp3) is 0.214. The number of carbonyl (C=O) groups excluding carboxylic acids is 1. The zero-order valence-corrected chi connectivity index (χ0v) is 10.7. The summed E-state index contributed by atoms with van der Waals surface area (Å²) in [6.45, 7) is 0.675. The molecule has 0 saturated carbocycles. The van der Waals surface area contributed by atoms with Gasteiger partial charge < -0.3 is 11.1 Å². The fourth-order valence-electron chi connectivity index (χ4n) is 2.39. The van der Waals surface area contributed by atoms with Crippen LogP contribution in [0.1, 0.15) is 17.9 Å². The Hall–Kier alpha value is -2.63. The molecule has 1 aromatic heterocycles. The number of rotatable bonds is 2. The largest absolute Gasteiger partial charge is 0.369 e. The summed E-state index contributed by atoms with van der Waals surface area (Å²) < 4.78 is 0. The molecule has 0 bridgehead atoms. The van der Waals surface area contributed by atoms with Gasteiger partial charge in [-0.2, -0.15) is 0 Å². The first kappa shape index (κ1) is 12.4. The van der Waals surface area contributed by atoms with Crippen LogP contribution in [0, 0.1) is 0 Å². The van der Waals surface area contributed by atoms with E-state index in [-0.39, 0.29) is 23.3 Å². The summed E-state index contributed by atoms with van der Waals surface area (Å²) >= 11 is 0. The predicted octanol–water partition coefficient (Wildman–Crippen LogP) is 0.623. The van der Waals surface area contributed by atoms with Gasteiger partial charge in [-0.05, 0) is 5.56 Å². The van der Waals surface area contributed by atoms with E-state index in [0.29, 0.717) is 18.7 Å². The first-order valence-electron chi connectivity index (χ1n) is 6.36. The number of nitrogens with two attached hydrogens (primary N) is 1. The Bertz CT molecular complexity index is 706. The van der Waals surface area contributed by atoms with Crippen LogP contribution in [-0.2, 0) is 4.79 Å². The Labute approximate surface area is 115 Å². The van der Waals surface area contributed by atoms with Crippen molar-refractivity contribution in [2.24, 2.45) is 0 Å². The third-order valence-corrected chi connectivity index (χ3v) is 3.42. The van der Waals surface area contributed by atoms with Crippen molar-refractivity contribution in [2.75, 3.05) is 12.3 Å². The Morgan fingerprint density at radius 1 is 1.20 bits per heavy atom. The molecule has 4 N–H and O–H groups in total. The van der Waals surface area contributed by atoms with Gasteiger partial charge in [-0.1, -0.05) is 24.3 Å². The van der Waals surface area contributed by atoms with Gasteiger partial charge in [0.25, 0.3) is 5.56 Å². The number of amides is 1. The lowest BCUT2D eigenvalue weighted by Gasteiger charge is -2.08. The summed E-state index contributed by atoms with van der Waals surface area (Å²) in [5.74, 6) is 0.402. The van der Waals surface area contributed by atoms with E-state index in [1.165, 1.54) is 6.07 Å². The van der Waals surface area contributed by atoms with Crippen LogP contribution in [-0.4, -0.2) is 22.4 Å². The maximum absolute atomic E-state index is 11.4. The average molecular weight is 270 g/mol. The van der Waals surface area contributed by atoms with Crippen molar-refractivity contribution in [3.05, 3.63) is 46.2 Å². The number of benzene rings is 1. The summed E-state index contributed by atoms with van der Waals surface area (Å²) in [7, 11) is 0. The quantitative estimate of drug-likeness (QED) is 0.744. The summed E-state index contributed by atoms with van der Waals surface area (Å²) in [5.41, 5.74) is 7.72. The lowest BCUT2D eigenvalue weighted by molar-refractivity contribution is -0.119. The highest BCUT2D eigenvalue weighted by molar-refractivity contribution is 5.79. The van der Waals surface area contributed by atoms with Gasteiger partial charge in [-0.25, -0.2) is 4.98 Å². The molecule has 0 radical (unpaired) electrons. The second-order valence-electron chi connectivity index (χ2n) is 4.84. The second-order valence-corrected chi connectivity index (χ2v) is 4.84. The molecular formula is C14H14N4O2. The first-order chi connectivity index (χ1) is 9.61. The number of anilines is 1. The Morgan fingerprint density at radius 3 is 2.55 bits per heavy atom. The van der Waals surface area contributed by atoms with Gasteiger partial charge in [-0.3, -0.25) is 14.6 Å². The molecule has 6 nitrogen and oxygen atoms in total. The molecule has 1 aromatic carbocycles. The minimum Gasteiger partial charge on any atom is -0.369 e. The number of hydrogen-bond donors (Lipinski definition) is 3. The van der Waals surface area contributed by atoms with Gasteiger partial charge >= 0.3 is 0 Å². The van der Waals surface area contributed by atoms with E-state index in [0.717, 1.165) is 11.1 Å². The Balaban J connectivity index is 1.89. The molecule has 1 unspecified atom stereocenters. The number of aromatic nitrogens is 2. The molecule has 0 spiro atoms. The molecule has 2 heterocycles. The highest BCUT2D eigenvalue weighted by atomic mass is 16.1. The number of carbonyl (C=O) groups is 1. The van der Waals surface area contributed by atoms with Crippen molar-refractivity contribution in [2.45, 2.75) is 12.3 Å². The number of hydrogen-bond acceptors (Lipinski definition) is 4. The van der Waals surface area contributed by atoms with Crippen molar-refractivity contribution in [1.82, 2.24) is 15.3 Å². The van der Waals surface area contributed by atoms with Crippen molar-refractivity contribution in [3.63, 3.8) is 0 Å². The SMILES string of the molecule is Nc1nc(-c2ccc(C3CNC(=O)C3)cc2)cc(=O)[nH]1. The van der Waals surface area contributed by atoms with E-state index in [9.17, 15) is 9.59 Å². The maximum Gasteiger partial charge on any atom is 0.252 e. The molecule has 6 heteroatoms. The molecule has 1 saturated heterocycles. The monoisotopic (exact) mass is 270 g/mol. The van der Waals surface area contributed by atoms with Crippen LogP contribution in [0.2, 0.25) is 0 Å². The van der Waals surface area contributed by atoms with Crippen LogP contribution in [0.15, 0.2) is 35.1 Å². The first-order valence-corrected chi connectivity index (χ1v) is 6.36. The Morgan fingerprint density at radius 2 is 1.95 bits per heavy atom. The van der Waals surface area contributed by atoms with Crippen molar-refractivity contribution in [3.8, 4) is 11.3 Å². The van der Waals surface area contributed by atoms with E-state index in [2.05, 4.69) is 15.3 Å². The summed E-state index contributed by atoms with van der Waals surface area (Å²) in [6.07, 6.45) is 0.523. The zero-order chi connectivity index (χ0) is 14.1. The van der Waals surface area contributed by atoms with Gasteiger partial charge in [-0.15, -0.1) is 0 Å². The number of nitrogens with zero attached hydrogens (tertiary/aromatic N) is 1. The summed E-state index contributed by atoms with van der Waals surface area (Å²) in [5, 5.41) is 2.82. The lowest BCUT2D eigenvalue weighted by atomic mass is 9.96. The number of nitrogens with one attached hydrogen (secondary N) is 2. The van der Waals surface area contributed by atoms with Crippen LogP contribution < -0.4 is 16.6 Å². The summed E-state index contributed by atoms with van der Waals surface area (Å²) in [4.78, 5) is 29.1. The van der Waals surface area contributed by atoms with E-state index in [1.807, 2.05) is 24.3 Å². The standard InChI is InChI=1S/C14H14N4O2/c15-14-17-11(6-13(20)18-14)9-3-1-8(2-4-9)10-5-12(19)16-7-10/h1-4,6,10H,5,7H2,(H,16,19)(H3,15,17,18,20). The zero-order valence-electron chi connectivity index (χ0n) is 10.7. The van der Waals surface area contributed by atoms with E-state index in [1.54, 1.807) is 0 Å². The smallest absolute Gasteiger partial charge is 0.252 e. The van der Waals surface area contributed by atoms with Crippen LogP contribution in [0.5, 0.6) is 0 Å². The highest BCUT2D eigenvalue weighted by Crippen LogP contribution is 2.25.